The van der Waals surface area contributed by atoms with Gasteiger partial charge in [-0.05, 0) is 31.7 Å². The van der Waals surface area contributed by atoms with E-state index in [9.17, 15) is 4.79 Å². The number of rotatable bonds is 5. The zero-order chi connectivity index (χ0) is 17.6. The molecular weight excluding hydrogens is 318 g/mol. The molecule has 1 saturated heterocycles. The van der Waals surface area contributed by atoms with Gasteiger partial charge in [-0.3, -0.25) is 4.79 Å². The number of carbonyl (C=O) groups is 1. The van der Waals surface area contributed by atoms with Crippen LogP contribution in [0.15, 0.2) is 36.7 Å². The summed E-state index contributed by atoms with van der Waals surface area (Å²) in [6.45, 7) is 5.74. The first-order valence-electron chi connectivity index (χ1n) is 8.35. The van der Waals surface area contributed by atoms with Crippen LogP contribution in [0.5, 0.6) is 5.75 Å². The Kier molecular flexibility index (Phi) is 5.45. The fraction of sp³-hybridized carbons (Fsp3) is 0.389. The van der Waals surface area contributed by atoms with Crippen molar-refractivity contribution in [2.45, 2.75) is 6.92 Å². The van der Waals surface area contributed by atoms with Crippen molar-refractivity contribution in [2.24, 2.45) is 0 Å². The number of piperazine rings is 1. The molecule has 3 rings (SSSR count). The molecule has 7 heteroatoms. The molecule has 1 N–H and O–H groups in total. The third-order valence-electron chi connectivity index (χ3n) is 4.11. The van der Waals surface area contributed by atoms with Crippen LogP contribution in [-0.2, 0) is 4.79 Å². The van der Waals surface area contributed by atoms with Gasteiger partial charge in [0.15, 0.2) is 6.61 Å². The van der Waals surface area contributed by atoms with Crippen LogP contribution in [0.4, 0.5) is 11.6 Å². The number of nitrogens with one attached hydrogen (secondary N) is 1. The Labute approximate surface area is 147 Å². The molecule has 2 heterocycles. The van der Waals surface area contributed by atoms with Gasteiger partial charge in [0.1, 0.15) is 23.7 Å². The summed E-state index contributed by atoms with van der Waals surface area (Å²) in [4.78, 5) is 25.0. The lowest BCUT2D eigenvalue weighted by Crippen LogP contribution is -2.44. The molecule has 0 atom stereocenters. The van der Waals surface area contributed by atoms with Gasteiger partial charge in [-0.2, -0.15) is 0 Å². The highest BCUT2D eigenvalue weighted by Crippen LogP contribution is 2.16. The van der Waals surface area contributed by atoms with Crippen LogP contribution in [0.1, 0.15) is 5.56 Å². The molecule has 0 aliphatic carbocycles. The van der Waals surface area contributed by atoms with Crippen molar-refractivity contribution in [2.75, 3.05) is 50.1 Å². The van der Waals surface area contributed by atoms with Crippen molar-refractivity contribution >= 4 is 17.5 Å². The molecule has 1 aliphatic heterocycles. The number of aryl methyl sites for hydroxylation is 1. The zero-order valence-electron chi connectivity index (χ0n) is 14.6. The summed E-state index contributed by atoms with van der Waals surface area (Å²) in [5, 5.41) is 2.76. The number of aromatic nitrogens is 2. The number of likely N-dealkylation sites (N-methyl/N-ethyl adjacent to an activating group) is 1. The molecule has 1 amide bonds. The standard InChI is InChI=1S/C18H23N5O2/c1-14-4-3-5-15(10-14)25-12-18(24)21-16-11-17(20-13-19-16)23-8-6-22(2)7-9-23/h3-5,10-11,13H,6-9,12H2,1-2H3,(H,19,20,21,24). The quantitative estimate of drug-likeness (QED) is 0.890. The highest BCUT2D eigenvalue weighted by Gasteiger charge is 2.16. The molecule has 1 aromatic carbocycles. The minimum atomic E-state index is -0.246. The number of carbonyl (C=O) groups excluding carboxylic acids is 1. The molecule has 7 nitrogen and oxygen atoms in total. The Morgan fingerprint density at radius 1 is 1.20 bits per heavy atom. The average molecular weight is 341 g/mol. The maximum Gasteiger partial charge on any atom is 0.263 e. The molecule has 2 aromatic rings. The van der Waals surface area contributed by atoms with Gasteiger partial charge in [0.05, 0.1) is 0 Å². The summed E-state index contributed by atoms with van der Waals surface area (Å²) in [6.07, 6.45) is 1.48. The second-order valence-electron chi connectivity index (χ2n) is 6.21. The van der Waals surface area contributed by atoms with Gasteiger partial charge in [0, 0.05) is 32.2 Å². The minimum Gasteiger partial charge on any atom is -0.484 e. The molecule has 0 radical (unpaired) electrons. The van der Waals surface area contributed by atoms with Gasteiger partial charge >= 0.3 is 0 Å². The summed E-state index contributed by atoms with van der Waals surface area (Å²) in [7, 11) is 2.11. The van der Waals surface area contributed by atoms with Gasteiger partial charge < -0.3 is 19.9 Å². The average Bonchev–Trinajstić information content (AvgIpc) is 2.61. The van der Waals surface area contributed by atoms with Crippen molar-refractivity contribution in [1.82, 2.24) is 14.9 Å². The monoisotopic (exact) mass is 341 g/mol. The molecular formula is C18H23N5O2. The summed E-state index contributed by atoms with van der Waals surface area (Å²) >= 11 is 0. The Bertz CT molecular complexity index is 729. The Balaban J connectivity index is 1.55. The second-order valence-corrected chi connectivity index (χ2v) is 6.21. The molecule has 1 aromatic heterocycles. The zero-order valence-corrected chi connectivity index (χ0v) is 14.6. The van der Waals surface area contributed by atoms with E-state index < -0.39 is 0 Å². The van der Waals surface area contributed by atoms with Gasteiger partial charge in [-0.1, -0.05) is 12.1 Å². The van der Waals surface area contributed by atoms with Gasteiger partial charge in [-0.15, -0.1) is 0 Å². The van der Waals surface area contributed by atoms with E-state index in [0.29, 0.717) is 11.6 Å². The fourth-order valence-electron chi connectivity index (χ4n) is 2.66. The van der Waals surface area contributed by atoms with E-state index in [0.717, 1.165) is 37.6 Å². The van der Waals surface area contributed by atoms with E-state index in [2.05, 4.69) is 32.1 Å². The van der Waals surface area contributed by atoms with E-state index in [1.807, 2.05) is 31.2 Å². The summed E-state index contributed by atoms with van der Waals surface area (Å²) in [6, 6.07) is 9.40. The van der Waals surface area contributed by atoms with Crippen molar-refractivity contribution in [1.29, 1.82) is 0 Å². The largest absolute Gasteiger partial charge is 0.484 e. The van der Waals surface area contributed by atoms with Crippen LogP contribution in [0, 0.1) is 6.92 Å². The first-order chi connectivity index (χ1) is 12.1. The number of nitrogens with zero attached hydrogens (tertiary/aromatic N) is 4. The first-order valence-corrected chi connectivity index (χ1v) is 8.35. The number of ether oxygens (including phenoxy) is 1. The first kappa shape index (κ1) is 17.2. The van der Waals surface area contributed by atoms with Crippen molar-refractivity contribution in [3.05, 3.63) is 42.2 Å². The molecule has 0 saturated carbocycles. The molecule has 1 fully saturated rings. The molecule has 0 unspecified atom stereocenters. The summed E-state index contributed by atoms with van der Waals surface area (Å²) in [5.41, 5.74) is 1.09. The minimum absolute atomic E-state index is 0.0582. The maximum absolute atomic E-state index is 12.1. The molecule has 25 heavy (non-hydrogen) atoms. The Morgan fingerprint density at radius 3 is 2.76 bits per heavy atom. The van der Waals surface area contributed by atoms with Crippen molar-refractivity contribution in [3.63, 3.8) is 0 Å². The number of hydrogen-bond donors (Lipinski definition) is 1. The fourth-order valence-corrected chi connectivity index (χ4v) is 2.66. The maximum atomic E-state index is 12.1. The van der Waals surface area contributed by atoms with Crippen LogP contribution in [0.2, 0.25) is 0 Å². The van der Waals surface area contributed by atoms with E-state index in [-0.39, 0.29) is 12.5 Å². The topological polar surface area (TPSA) is 70.6 Å². The Hall–Kier alpha value is -2.67. The van der Waals surface area contributed by atoms with Gasteiger partial charge in [0.25, 0.3) is 5.91 Å². The van der Waals surface area contributed by atoms with E-state index in [4.69, 9.17) is 4.74 Å². The van der Waals surface area contributed by atoms with Crippen LogP contribution in [-0.4, -0.2) is 60.6 Å². The predicted molar refractivity (Wildman–Crippen MR) is 97.0 cm³/mol. The molecule has 0 spiro atoms. The van der Waals surface area contributed by atoms with Crippen molar-refractivity contribution < 1.29 is 9.53 Å². The van der Waals surface area contributed by atoms with Crippen LogP contribution < -0.4 is 15.0 Å². The summed E-state index contributed by atoms with van der Waals surface area (Å²) in [5.74, 6) is 1.75. The number of anilines is 2. The third-order valence-corrected chi connectivity index (χ3v) is 4.11. The number of benzene rings is 1. The third kappa shape index (κ3) is 4.90. The van der Waals surface area contributed by atoms with E-state index in [1.165, 1.54) is 6.33 Å². The molecule has 132 valence electrons. The molecule has 0 bridgehead atoms. The lowest BCUT2D eigenvalue weighted by Gasteiger charge is -2.33. The van der Waals surface area contributed by atoms with Gasteiger partial charge in [0.2, 0.25) is 0 Å². The van der Waals surface area contributed by atoms with Gasteiger partial charge in [-0.25, -0.2) is 9.97 Å². The Morgan fingerprint density at radius 2 is 2.00 bits per heavy atom. The number of hydrogen-bond acceptors (Lipinski definition) is 6. The highest BCUT2D eigenvalue weighted by molar-refractivity contribution is 5.91. The van der Waals surface area contributed by atoms with E-state index in [1.54, 1.807) is 6.07 Å². The normalized spacial score (nSPS) is 15.0. The molecule has 1 aliphatic rings. The smallest absolute Gasteiger partial charge is 0.263 e. The number of amides is 1. The lowest BCUT2D eigenvalue weighted by molar-refractivity contribution is -0.118. The van der Waals surface area contributed by atoms with Crippen molar-refractivity contribution in [3.8, 4) is 5.75 Å². The van der Waals surface area contributed by atoms with E-state index >= 15 is 0 Å². The van der Waals surface area contributed by atoms with Crippen LogP contribution >= 0.6 is 0 Å². The summed E-state index contributed by atoms with van der Waals surface area (Å²) < 4.78 is 5.51. The predicted octanol–water partition coefficient (Wildman–Crippen LogP) is 1.55. The second kappa shape index (κ2) is 7.94. The highest BCUT2D eigenvalue weighted by atomic mass is 16.5. The lowest BCUT2D eigenvalue weighted by atomic mass is 10.2. The SMILES string of the molecule is Cc1cccc(OCC(=O)Nc2cc(N3CCN(C)CC3)ncn2)c1. The van der Waals surface area contributed by atoms with Crippen LogP contribution in [0.25, 0.3) is 0 Å². The van der Waals surface area contributed by atoms with Crippen LogP contribution in [0.3, 0.4) is 0 Å².